The van der Waals surface area contributed by atoms with Gasteiger partial charge >= 0.3 is 0 Å². The Hall–Kier alpha value is -0.380. The summed E-state index contributed by atoms with van der Waals surface area (Å²) in [5.74, 6) is 0. The van der Waals surface area contributed by atoms with E-state index in [1.165, 1.54) is 9.75 Å². The van der Waals surface area contributed by atoms with Gasteiger partial charge in [0.1, 0.15) is 0 Å². The van der Waals surface area contributed by atoms with Crippen molar-refractivity contribution >= 4 is 11.3 Å². The third-order valence-corrected chi connectivity index (χ3v) is 3.01. The van der Waals surface area contributed by atoms with Crippen LogP contribution in [0.25, 0.3) is 0 Å². The van der Waals surface area contributed by atoms with Crippen molar-refractivity contribution in [3.8, 4) is 0 Å². The Labute approximate surface area is 71.2 Å². The first-order valence-corrected chi connectivity index (χ1v) is 4.63. The van der Waals surface area contributed by atoms with E-state index in [9.17, 15) is 0 Å². The molecule has 11 heavy (non-hydrogen) atoms. The minimum Gasteiger partial charge on any atom is -0.329 e. The van der Waals surface area contributed by atoms with E-state index >= 15 is 0 Å². The predicted octanol–water partition coefficient (Wildman–Crippen LogP) is 1.27. The molecule has 1 rings (SSSR count). The van der Waals surface area contributed by atoms with Crippen LogP contribution in [-0.4, -0.2) is 6.54 Å². The van der Waals surface area contributed by atoms with Gasteiger partial charge in [0.05, 0.1) is 6.04 Å². The number of aryl methyl sites for hydroxylation is 1. The van der Waals surface area contributed by atoms with Crippen LogP contribution in [0.15, 0.2) is 12.1 Å². The standard InChI is InChI=1S/C8H14N2S/c1-2-6-3-4-8(11-6)7(10)5-9/h3-4,7H,2,5,9-10H2,1H3/t7-/m0/s1. The van der Waals surface area contributed by atoms with Crippen LogP contribution in [0, 0.1) is 0 Å². The molecule has 0 aliphatic heterocycles. The van der Waals surface area contributed by atoms with E-state index in [4.69, 9.17) is 11.5 Å². The molecule has 0 radical (unpaired) electrons. The highest BCUT2D eigenvalue weighted by Crippen LogP contribution is 2.21. The fourth-order valence-electron chi connectivity index (χ4n) is 0.900. The Kier molecular flexibility index (Phi) is 3.05. The first kappa shape index (κ1) is 8.71. The van der Waals surface area contributed by atoms with Gasteiger partial charge in [-0.25, -0.2) is 0 Å². The summed E-state index contributed by atoms with van der Waals surface area (Å²) in [6.07, 6.45) is 1.09. The fourth-order valence-corrected chi connectivity index (χ4v) is 1.87. The second-order valence-electron chi connectivity index (χ2n) is 2.50. The lowest BCUT2D eigenvalue weighted by molar-refractivity contribution is 0.752. The monoisotopic (exact) mass is 170 g/mol. The van der Waals surface area contributed by atoms with Gasteiger partial charge < -0.3 is 11.5 Å². The van der Waals surface area contributed by atoms with Crippen molar-refractivity contribution in [3.63, 3.8) is 0 Å². The topological polar surface area (TPSA) is 52.0 Å². The van der Waals surface area contributed by atoms with Crippen molar-refractivity contribution in [1.29, 1.82) is 0 Å². The van der Waals surface area contributed by atoms with Crippen molar-refractivity contribution in [2.45, 2.75) is 19.4 Å². The van der Waals surface area contributed by atoms with E-state index in [0.717, 1.165) is 6.42 Å². The minimum absolute atomic E-state index is 0.0281. The molecule has 0 unspecified atom stereocenters. The highest BCUT2D eigenvalue weighted by Gasteiger charge is 2.05. The first-order chi connectivity index (χ1) is 5.27. The molecule has 1 heterocycles. The van der Waals surface area contributed by atoms with E-state index in [-0.39, 0.29) is 6.04 Å². The maximum Gasteiger partial charge on any atom is 0.0514 e. The molecule has 62 valence electrons. The smallest absolute Gasteiger partial charge is 0.0514 e. The molecule has 0 aromatic carbocycles. The SMILES string of the molecule is CCc1ccc([C@@H](N)CN)s1. The van der Waals surface area contributed by atoms with Crippen LogP contribution >= 0.6 is 11.3 Å². The highest BCUT2D eigenvalue weighted by atomic mass is 32.1. The molecule has 2 nitrogen and oxygen atoms in total. The van der Waals surface area contributed by atoms with Crippen LogP contribution < -0.4 is 11.5 Å². The van der Waals surface area contributed by atoms with Crippen LogP contribution in [0.2, 0.25) is 0 Å². The second kappa shape index (κ2) is 3.85. The van der Waals surface area contributed by atoms with Crippen LogP contribution in [0.1, 0.15) is 22.7 Å². The molecular weight excluding hydrogens is 156 g/mol. The number of hydrogen-bond donors (Lipinski definition) is 2. The minimum atomic E-state index is 0.0281. The van der Waals surface area contributed by atoms with Crippen molar-refractivity contribution in [2.75, 3.05) is 6.54 Å². The van der Waals surface area contributed by atoms with E-state index in [2.05, 4.69) is 19.1 Å². The Morgan fingerprint density at radius 3 is 2.73 bits per heavy atom. The Morgan fingerprint density at radius 2 is 2.27 bits per heavy atom. The third-order valence-electron chi connectivity index (χ3n) is 1.65. The fraction of sp³-hybridized carbons (Fsp3) is 0.500. The lowest BCUT2D eigenvalue weighted by Crippen LogP contribution is -2.19. The Morgan fingerprint density at radius 1 is 1.55 bits per heavy atom. The zero-order valence-corrected chi connectivity index (χ0v) is 7.53. The van der Waals surface area contributed by atoms with Gasteiger partial charge in [0, 0.05) is 16.3 Å². The molecule has 0 bridgehead atoms. The van der Waals surface area contributed by atoms with Crippen molar-refractivity contribution in [2.24, 2.45) is 11.5 Å². The van der Waals surface area contributed by atoms with Gasteiger partial charge in [0.15, 0.2) is 0 Å². The molecule has 0 amide bonds. The number of rotatable bonds is 3. The van der Waals surface area contributed by atoms with E-state index in [1.54, 1.807) is 11.3 Å². The van der Waals surface area contributed by atoms with E-state index in [1.807, 2.05) is 0 Å². The second-order valence-corrected chi connectivity index (χ2v) is 3.70. The van der Waals surface area contributed by atoms with E-state index < -0.39 is 0 Å². The lowest BCUT2D eigenvalue weighted by atomic mass is 10.2. The zero-order chi connectivity index (χ0) is 8.27. The molecule has 0 spiro atoms. The largest absolute Gasteiger partial charge is 0.329 e. The molecule has 1 atom stereocenters. The maximum absolute atomic E-state index is 5.75. The number of hydrogen-bond acceptors (Lipinski definition) is 3. The normalized spacial score (nSPS) is 13.4. The molecular formula is C8H14N2S. The Balaban J connectivity index is 2.71. The first-order valence-electron chi connectivity index (χ1n) is 3.82. The summed E-state index contributed by atoms with van der Waals surface area (Å²) in [7, 11) is 0. The molecule has 3 heteroatoms. The van der Waals surface area contributed by atoms with Gasteiger partial charge in [0.2, 0.25) is 0 Å². The van der Waals surface area contributed by atoms with Gasteiger partial charge in [-0.05, 0) is 18.6 Å². The summed E-state index contributed by atoms with van der Waals surface area (Å²) in [4.78, 5) is 2.58. The predicted molar refractivity (Wildman–Crippen MR) is 49.7 cm³/mol. The molecule has 0 aliphatic rings. The summed E-state index contributed by atoms with van der Waals surface area (Å²) < 4.78 is 0. The average molecular weight is 170 g/mol. The van der Waals surface area contributed by atoms with Crippen molar-refractivity contribution < 1.29 is 0 Å². The molecule has 1 aromatic heterocycles. The summed E-state index contributed by atoms with van der Waals surface area (Å²) in [5.41, 5.74) is 11.2. The molecule has 0 aliphatic carbocycles. The molecule has 0 fully saturated rings. The van der Waals surface area contributed by atoms with Gasteiger partial charge in [-0.1, -0.05) is 6.92 Å². The lowest BCUT2D eigenvalue weighted by Gasteiger charge is -2.03. The number of thiophene rings is 1. The Bertz CT molecular complexity index is 220. The van der Waals surface area contributed by atoms with Crippen LogP contribution in [0.5, 0.6) is 0 Å². The van der Waals surface area contributed by atoms with E-state index in [0.29, 0.717) is 6.54 Å². The number of nitrogens with two attached hydrogens (primary N) is 2. The van der Waals surface area contributed by atoms with Crippen molar-refractivity contribution in [3.05, 3.63) is 21.9 Å². The highest BCUT2D eigenvalue weighted by molar-refractivity contribution is 7.12. The molecule has 1 aromatic rings. The molecule has 0 saturated heterocycles. The van der Waals surface area contributed by atoms with Crippen molar-refractivity contribution in [1.82, 2.24) is 0 Å². The zero-order valence-electron chi connectivity index (χ0n) is 6.71. The maximum atomic E-state index is 5.75. The summed E-state index contributed by atoms with van der Waals surface area (Å²) in [5, 5.41) is 0. The van der Waals surface area contributed by atoms with Gasteiger partial charge in [-0.2, -0.15) is 0 Å². The summed E-state index contributed by atoms with van der Waals surface area (Å²) >= 11 is 1.76. The van der Waals surface area contributed by atoms with Crippen LogP contribution in [0.3, 0.4) is 0 Å². The summed E-state index contributed by atoms with van der Waals surface area (Å²) in [6.45, 7) is 2.67. The summed E-state index contributed by atoms with van der Waals surface area (Å²) in [6, 6.07) is 4.22. The average Bonchev–Trinajstić information content (AvgIpc) is 2.50. The third kappa shape index (κ3) is 2.02. The van der Waals surface area contributed by atoms with Crippen LogP contribution in [0.4, 0.5) is 0 Å². The van der Waals surface area contributed by atoms with Gasteiger partial charge in [0.25, 0.3) is 0 Å². The van der Waals surface area contributed by atoms with Gasteiger partial charge in [-0.3, -0.25) is 0 Å². The molecule has 4 N–H and O–H groups in total. The quantitative estimate of drug-likeness (QED) is 0.717. The van der Waals surface area contributed by atoms with Gasteiger partial charge in [-0.15, -0.1) is 11.3 Å². The van der Waals surface area contributed by atoms with Crippen LogP contribution in [-0.2, 0) is 6.42 Å². The molecule has 0 saturated carbocycles.